The third kappa shape index (κ3) is 3.62. The number of rotatable bonds is 5. The number of hydrogen-bond acceptors (Lipinski definition) is 0. The lowest BCUT2D eigenvalue weighted by atomic mass is 10.2. The molecule has 0 aliphatic heterocycles. The Bertz CT molecular complexity index is 165. The van der Waals surface area contributed by atoms with Gasteiger partial charge in [-0.05, 0) is 24.4 Å². The van der Waals surface area contributed by atoms with Crippen LogP contribution in [-0.4, -0.2) is 0 Å². The highest BCUT2D eigenvalue weighted by Gasteiger charge is 1.91. The molecule has 0 N–H and O–H groups in total. The highest BCUT2D eigenvalue weighted by molar-refractivity contribution is 7.47. The summed E-state index contributed by atoms with van der Waals surface area (Å²) in [6.45, 7) is 2.26. The van der Waals surface area contributed by atoms with Crippen molar-refractivity contribution in [2.75, 3.05) is 0 Å². The van der Waals surface area contributed by atoms with Crippen LogP contribution in [-0.2, 0) is 6.16 Å². The van der Waals surface area contributed by atoms with Crippen molar-refractivity contribution < 1.29 is 0 Å². The van der Waals surface area contributed by atoms with Crippen LogP contribution in [0.25, 0.3) is 0 Å². The van der Waals surface area contributed by atoms with E-state index < -0.39 is 0 Å². The van der Waals surface area contributed by atoms with Crippen LogP contribution in [0, 0.1) is 5.80 Å². The van der Waals surface area contributed by atoms with E-state index in [9.17, 15) is 0 Å². The van der Waals surface area contributed by atoms with E-state index in [1.807, 2.05) is 0 Å². The first-order chi connectivity index (χ1) is 5.43. The zero-order valence-corrected chi connectivity index (χ0v) is 8.11. The largest absolute Gasteiger partial charge is 0.116 e. The molecule has 1 rings (SSSR count). The third-order valence-corrected chi connectivity index (χ3v) is 3.67. The van der Waals surface area contributed by atoms with Gasteiger partial charge in [-0.3, -0.25) is 0 Å². The first-order valence-electron chi connectivity index (χ1n) is 4.46. The zero-order valence-electron chi connectivity index (χ0n) is 7.21. The maximum absolute atomic E-state index is 3.36. The predicted octanol–water partition coefficient (Wildman–Crippen LogP) is 4.05. The highest BCUT2D eigenvalue weighted by atomic mass is 31.1. The molecule has 1 heterocycles. The monoisotopic (exact) mass is 167 g/mol. The zero-order chi connectivity index (χ0) is 7.94. The Labute approximate surface area is 70.7 Å². The van der Waals surface area contributed by atoms with E-state index in [1.165, 1.54) is 31.8 Å². The molecule has 0 saturated carbocycles. The van der Waals surface area contributed by atoms with Gasteiger partial charge in [0.1, 0.15) is 0 Å². The Kier molecular flexibility index (Phi) is 4.38. The molecule has 0 aliphatic rings. The maximum atomic E-state index is 3.36. The maximum Gasteiger partial charge on any atom is 0.00512 e. The summed E-state index contributed by atoms with van der Waals surface area (Å²) in [5, 5.41) is 0. The van der Waals surface area contributed by atoms with Crippen molar-refractivity contribution >= 4 is 7.53 Å². The van der Waals surface area contributed by atoms with Gasteiger partial charge in [-0.1, -0.05) is 32.3 Å². The molecule has 0 aliphatic carbocycles. The SMILES string of the molecule is CCCCCCp1[c]ccc1. The molecule has 0 spiro atoms. The van der Waals surface area contributed by atoms with E-state index >= 15 is 0 Å². The van der Waals surface area contributed by atoms with Crippen LogP contribution in [0.2, 0.25) is 0 Å². The molecule has 0 saturated heterocycles. The minimum absolute atomic E-state index is 0.0522. The van der Waals surface area contributed by atoms with Crippen molar-refractivity contribution in [2.24, 2.45) is 0 Å². The van der Waals surface area contributed by atoms with Crippen LogP contribution in [0.15, 0.2) is 17.9 Å². The molecule has 0 amide bonds. The van der Waals surface area contributed by atoms with Gasteiger partial charge < -0.3 is 0 Å². The van der Waals surface area contributed by atoms with Crippen molar-refractivity contribution in [1.82, 2.24) is 0 Å². The third-order valence-electron chi connectivity index (χ3n) is 1.86. The smallest absolute Gasteiger partial charge is 0.00512 e. The van der Waals surface area contributed by atoms with Gasteiger partial charge >= 0.3 is 0 Å². The molecule has 0 aromatic carbocycles. The van der Waals surface area contributed by atoms with Gasteiger partial charge in [0.25, 0.3) is 0 Å². The Balaban J connectivity index is 2.04. The second-order valence-corrected chi connectivity index (χ2v) is 4.83. The Morgan fingerprint density at radius 1 is 1.27 bits per heavy atom. The van der Waals surface area contributed by atoms with E-state index in [-0.39, 0.29) is 7.53 Å². The summed E-state index contributed by atoms with van der Waals surface area (Å²) in [4.78, 5) is 0. The fourth-order valence-corrected chi connectivity index (χ4v) is 2.68. The van der Waals surface area contributed by atoms with E-state index in [2.05, 4.69) is 30.7 Å². The Morgan fingerprint density at radius 3 is 2.82 bits per heavy atom. The molecule has 61 valence electrons. The fourth-order valence-electron chi connectivity index (χ4n) is 1.18. The van der Waals surface area contributed by atoms with Crippen LogP contribution in [0.3, 0.4) is 0 Å². The quantitative estimate of drug-likeness (QED) is 0.580. The van der Waals surface area contributed by atoms with E-state index in [1.54, 1.807) is 0 Å². The van der Waals surface area contributed by atoms with Crippen LogP contribution in [0.4, 0.5) is 0 Å². The van der Waals surface area contributed by atoms with Crippen molar-refractivity contribution in [3.63, 3.8) is 0 Å². The van der Waals surface area contributed by atoms with E-state index in [0.29, 0.717) is 0 Å². The van der Waals surface area contributed by atoms with Crippen LogP contribution < -0.4 is 0 Å². The summed E-state index contributed by atoms with van der Waals surface area (Å²) >= 11 is 0. The summed E-state index contributed by atoms with van der Waals surface area (Å²) in [5.41, 5.74) is 0. The molecule has 11 heavy (non-hydrogen) atoms. The minimum atomic E-state index is 0.0522. The fraction of sp³-hybridized carbons (Fsp3) is 0.600. The average molecular weight is 167 g/mol. The first kappa shape index (κ1) is 8.87. The summed E-state index contributed by atoms with van der Waals surface area (Å²) in [5.74, 6) is 5.67. The molecule has 0 nitrogen and oxygen atoms in total. The van der Waals surface area contributed by atoms with E-state index in [0.717, 1.165) is 0 Å². The van der Waals surface area contributed by atoms with Crippen molar-refractivity contribution in [3.8, 4) is 0 Å². The van der Waals surface area contributed by atoms with Crippen LogP contribution >= 0.6 is 7.53 Å². The molecule has 1 heteroatoms. The molecule has 1 aromatic rings. The first-order valence-corrected chi connectivity index (χ1v) is 6.06. The molecular formula is C10H16P. The molecule has 1 aromatic heterocycles. The topological polar surface area (TPSA) is 0 Å². The second-order valence-electron chi connectivity index (χ2n) is 2.89. The number of aryl methyl sites for hydroxylation is 1. The van der Waals surface area contributed by atoms with Gasteiger partial charge in [-0.25, -0.2) is 0 Å². The highest BCUT2D eigenvalue weighted by Crippen LogP contribution is 2.28. The number of hydrogen-bond donors (Lipinski definition) is 0. The summed E-state index contributed by atoms with van der Waals surface area (Å²) < 4.78 is 0. The van der Waals surface area contributed by atoms with Crippen molar-refractivity contribution in [2.45, 2.75) is 38.8 Å². The van der Waals surface area contributed by atoms with Gasteiger partial charge in [0.05, 0.1) is 0 Å². The number of unbranched alkanes of at least 4 members (excludes halogenated alkanes) is 3. The molecule has 1 unspecified atom stereocenters. The van der Waals surface area contributed by atoms with Gasteiger partial charge in [0, 0.05) is 5.80 Å². The minimum Gasteiger partial charge on any atom is -0.116 e. The second kappa shape index (κ2) is 5.43. The summed E-state index contributed by atoms with van der Waals surface area (Å²) in [6.07, 6.45) is 6.90. The van der Waals surface area contributed by atoms with E-state index in [4.69, 9.17) is 0 Å². The summed E-state index contributed by atoms with van der Waals surface area (Å²) in [7, 11) is 0.0522. The normalized spacial score (nSPS) is 10.3. The predicted molar refractivity (Wildman–Crippen MR) is 52.1 cm³/mol. The van der Waals surface area contributed by atoms with Crippen LogP contribution in [0.5, 0.6) is 0 Å². The average Bonchev–Trinajstić information content (AvgIpc) is 2.50. The lowest BCUT2D eigenvalue weighted by molar-refractivity contribution is 0.690. The van der Waals surface area contributed by atoms with Gasteiger partial charge in [-0.2, -0.15) is 0 Å². The van der Waals surface area contributed by atoms with Crippen LogP contribution in [0.1, 0.15) is 32.6 Å². The molecule has 0 fully saturated rings. The van der Waals surface area contributed by atoms with Crippen molar-refractivity contribution in [3.05, 3.63) is 23.7 Å². The summed E-state index contributed by atoms with van der Waals surface area (Å²) in [6, 6.07) is 4.19. The standard InChI is InChI=1S/C10H16P/c1-2-3-4-5-8-11-9-6-7-10-11/h6-7,9H,2-5,8H2,1H3. The lowest BCUT2D eigenvalue weighted by Crippen LogP contribution is -1.74. The molecule has 1 radical (unpaired) electrons. The molecular weight excluding hydrogens is 151 g/mol. The molecule has 1 atom stereocenters. The van der Waals surface area contributed by atoms with Gasteiger partial charge in [-0.15, -0.1) is 7.53 Å². The van der Waals surface area contributed by atoms with Gasteiger partial charge in [0.15, 0.2) is 0 Å². The Morgan fingerprint density at radius 2 is 2.18 bits per heavy atom. The van der Waals surface area contributed by atoms with Crippen molar-refractivity contribution in [1.29, 1.82) is 0 Å². The van der Waals surface area contributed by atoms with Gasteiger partial charge in [0.2, 0.25) is 0 Å². The Hall–Kier alpha value is -0.220. The molecule has 0 bridgehead atoms. The lowest BCUT2D eigenvalue weighted by Gasteiger charge is -1.96.